The van der Waals surface area contributed by atoms with Gasteiger partial charge in [-0.1, -0.05) is 18.2 Å². The molecule has 0 heterocycles. The molecule has 2 unspecified atom stereocenters. The van der Waals surface area contributed by atoms with Gasteiger partial charge >= 0.3 is 12.1 Å². The number of hydrogen-bond acceptors (Lipinski definition) is 8. The van der Waals surface area contributed by atoms with Crippen molar-refractivity contribution >= 4 is 36.5 Å². The molecule has 0 saturated carbocycles. The Balaban J connectivity index is 3.36. The number of methoxy groups -OCH3 is 1. The van der Waals surface area contributed by atoms with E-state index in [0.717, 1.165) is 16.0 Å². The number of amides is 3. The minimum atomic E-state index is -1.19. The van der Waals surface area contributed by atoms with Crippen LogP contribution in [0.2, 0.25) is 0 Å². The summed E-state index contributed by atoms with van der Waals surface area (Å²) in [5.41, 5.74) is 1.56. The highest BCUT2D eigenvalue weighted by atomic mass is 32.1. The number of aliphatic hydroxyl groups excluding tert-OH is 1. The number of benzene rings is 1. The largest absolute Gasteiger partial charge is 0.468 e. The number of thiol groups is 1. The maximum absolute atomic E-state index is 13.5. The number of nitrogens with zero attached hydrogens (tertiary/aromatic N) is 1. The summed E-state index contributed by atoms with van der Waals surface area (Å²) in [6.07, 6.45) is -0.818. The number of nitrogens with one attached hydrogen (secondary N) is 2. The number of hydrogen-bond donors (Lipinski definition) is 4. The van der Waals surface area contributed by atoms with Gasteiger partial charge in [0.25, 0.3) is 0 Å². The first-order valence-electron chi connectivity index (χ1n) is 10.8. The minimum Gasteiger partial charge on any atom is -0.468 e. The third kappa shape index (κ3) is 8.86. The second-order valence-corrected chi connectivity index (χ2v) is 9.04. The molecule has 11 heteroatoms. The van der Waals surface area contributed by atoms with Crippen molar-refractivity contribution in [2.45, 2.75) is 52.3 Å². The van der Waals surface area contributed by atoms with Crippen molar-refractivity contribution in [2.75, 3.05) is 32.6 Å². The van der Waals surface area contributed by atoms with Gasteiger partial charge in [0.05, 0.1) is 13.7 Å². The summed E-state index contributed by atoms with van der Waals surface area (Å²) >= 11 is 4.18. The van der Waals surface area contributed by atoms with E-state index in [4.69, 9.17) is 4.74 Å². The number of ether oxygens (including phenoxy) is 2. The lowest BCUT2D eigenvalue weighted by Crippen LogP contribution is -2.54. The lowest BCUT2D eigenvalue weighted by molar-refractivity contribution is -0.144. The first kappa shape index (κ1) is 29.2. The molecule has 0 aliphatic rings. The van der Waals surface area contributed by atoms with E-state index < -0.39 is 54.7 Å². The van der Waals surface area contributed by atoms with Gasteiger partial charge in [0.15, 0.2) is 0 Å². The Morgan fingerprint density at radius 2 is 1.79 bits per heavy atom. The summed E-state index contributed by atoms with van der Waals surface area (Å²) in [7, 11) is 1.19. The van der Waals surface area contributed by atoms with Crippen molar-refractivity contribution in [2.24, 2.45) is 0 Å². The third-order valence-corrected chi connectivity index (χ3v) is 5.20. The van der Waals surface area contributed by atoms with Crippen LogP contribution in [0.3, 0.4) is 0 Å². The van der Waals surface area contributed by atoms with E-state index in [2.05, 4.69) is 28.0 Å². The Bertz CT molecular complexity index is 886. The number of aliphatic hydroxyl groups is 1. The topological polar surface area (TPSA) is 134 Å². The number of aryl methyl sites for hydroxylation is 2. The first-order valence-corrected chi connectivity index (χ1v) is 11.4. The molecule has 0 saturated heterocycles. The van der Waals surface area contributed by atoms with Crippen LogP contribution in [0, 0.1) is 13.8 Å². The van der Waals surface area contributed by atoms with E-state index in [1.54, 1.807) is 32.9 Å². The highest BCUT2D eigenvalue weighted by Gasteiger charge is 2.36. The first-order chi connectivity index (χ1) is 15.8. The zero-order valence-electron chi connectivity index (χ0n) is 20.5. The predicted octanol–water partition coefficient (Wildman–Crippen LogP) is 1.28. The molecule has 0 aliphatic heterocycles. The standard InChI is InChI=1S/C23H35N3O7S/c1-14-7-8-16(11-15(14)2)19(20(29)24-12-18(28)32-6)26(9-10-27)21(30)17(13-34)25-22(31)33-23(3,4)5/h7-8,11,17,19,27,34H,9-10,12-13H2,1-6H3,(H,24,29)(H,25,31). The van der Waals surface area contributed by atoms with Gasteiger partial charge in [0.2, 0.25) is 11.8 Å². The molecule has 34 heavy (non-hydrogen) atoms. The summed E-state index contributed by atoms with van der Waals surface area (Å²) in [6.45, 7) is 7.77. The number of carbonyl (C=O) groups is 4. The van der Waals surface area contributed by atoms with Gasteiger partial charge in [-0.3, -0.25) is 14.4 Å². The zero-order chi connectivity index (χ0) is 26.1. The summed E-state index contributed by atoms with van der Waals surface area (Å²) in [4.78, 5) is 51.6. The van der Waals surface area contributed by atoms with Gasteiger partial charge in [-0.2, -0.15) is 12.6 Å². The second-order valence-electron chi connectivity index (χ2n) is 8.68. The predicted molar refractivity (Wildman–Crippen MR) is 129 cm³/mol. The summed E-state index contributed by atoms with van der Waals surface area (Å²) in [6, 6.07) is 2.94. The van der Waals surface area contributed by atoms with Gasteiger partial charge in [0, 0.05) is 12.3 Å². The number of esters is 1. The molecule has 0 aromatic heterocycles. The Kier molecular flexibility index (Phi) is 11.3. The average Bonchev–Trinajstić information content (AvgIpc) is 2.76. The summed E-state index contributed by atoms with van der Waals surface area (Å²) in [5, 5.41) is 14.6. The van der Waals surface area contributed by atoms with Crippen LogP contribution in [-0.4, -0.2) is 78.1 Å². The Hall–Kier alpha value is -2.79. The van der Waals surface area contributed by atoms with E-state index in [1.807, 2.05) is 19.9 Å². The van der Waals surface area contributed by atoms with Crippen LogP contribution in [0.5, 0.6) is 0 Å². The van der Waals surface area contributed by atoms with Gasteiger partial charge in [-0.15, -0.1) is 0 Å². The number of rotatable bonds is 10. The number of carbonyl (C=O) groups excluding carboxylic acids is 4. The summed E-state index contributed by atoms with van der Waals surface area (Å²) < 4.78 is 9.79. The Morgan fingerprint density at radius 1 is 1.15 bits per heavy atom. The fourth-order valence-electron chi connectivity index (χ4n) is 3.05. The van der Waals surface area contributed by atoms with Gasteiger partial charge in [-0.05, 0) is 51.3 Å². The van der Waals surface area contributed by atoms with Gasteiger partial charge in [0.1, 0.15) is 24.2 Å². The van der Waals surface area contributed by atoms with Crippen LogP contribution < -0.4 is 10.6 Å². The van der Waals surface area contributed by atoms with Gasteiger partial charge < -0.3 is 30.1 Å². The highest BCUT2D eigenvalue weighted by Crippen LogP contribution is 2.25. The molecule has 190 valence electrons. The third-order valence-electron chi connectivity index (χ3n) is 4.84. The zero-order valence-corrected chi connectivity index (χ0v) is 21.4. The Morgan fingerprint density at radius 3 is 2.29 bits per heavy atom. The highest BCUT2D eigenvalue weighted by molar-refractivity contribution is 7.80. The van der Waals surface area contributed by atoms with Crippen LogP contribution in [0.15, 0.2) is 18.2 Å². The molecule has 1 aromatic rings. The van der Waals surface area contributed by atoms with Crippen molar-refractivity contribution in [1.29, 1.82) is 0 Å². The number of alkyl carbamates (subject to hydrolysis) is 1. The van der Waals surface area contributed by atoms with Crippen molar-refractivity contribution in [3.05, 3.63) is 34.9 Å². The van der Waals surface area contributed by atoms with Gasteiger partial charge in [-0.25, -0.2) is 4.79 Å². The fourth-order valence-corrected chi connectivity index (χ4v) is 3.29. The van der Waals surface area contributed by atoms with Crippen LogP contribution in [0.4, 0.5) is 4.79 Å². The second kappa shape index (κ2) is 13.2. The average molecular weight is 498 g/mol. The van der Waals surface area contributed by atoms with E-state index in [9.17, 15) is 24.3 Å². The smallest absolute Gasteiger partial charge is 0.408 e. The van der Waals surface area contributed by atoms with Crippen molar-refractivity contribution in [3.8, 4) is 0 Å². The van der Waals surface area contributed by atoms with E-state index >= 15 is 0 Å². The SMILES string of the molecule is COC(=O)CNC(=O)C(c1ccc(C)c(C)c1)N(CCO)C(=O)C(CS)NC(=O)OC(C)(C)C. The summed E-state index contributed by atoms with van der Waals surface area (Å²) in [5.74, 6) is -2.03. The van der Waals surface area contributed by atoms with Crippen LogP contribution in [-0.2, 0) is 23.9 Å². The molecule has 0 spiro atoms. The monoisotopic (exact) mass is 497 g/mol. The molecular formula is C23H35N3O7S. The molecule has 0 aliphatic carbocycles. The fraction of sp³-hybridized carbons (Fsp3) is 0.565. The molecule has 1 aromatic carbocycles. The molecule has 10 nitrogen and oxygen atoms in total. The molecule has 2 atom stereocenters. The molecule has 1 rings (SSSR count). The lowest BCUT2D eigenvalue weighted by atomic mass is 9.98. The molecule has 0 fully saturated rings. The van der Waals surface area contributed by atoms with E-state index in [1.165, 1.54) is 7.11 Å². The molecule has 3 N–H and O–H groups in total. The molecular weight excluding hydrogens is 462 g/mol. The van der Waals surface area contributed by atoms with Crippen molar-refractivity contribution in [1.82, 2.24) is 15.5 Å². The quantitative estimate of drug-likeness (QED) is 0.283. The Labute approximate surface area is 205 Å². The maximum Gasteiger partial charge on any atom is 0.408 e. The maximum atomic E-state index is 13.5. The lowest BCUT2D eigenvalue weighted by Gasteiger charge is -2.34. The van der Waals surface area contributed by atoms with Crippen molar-refractivity contribution < 1.29 is 33.8 Å². The van der Waals surface area contributed by atoms with E-state index in [-0.39, 0.29) is 12.3 Å². The minimum absolute atomic E-state index is 0.0799. The van der Waals surface area contributed by atoms with E-state index in [0.29, 0.717) is 5.56 Å². The van der Waals surface area contributed by atoms with Crippen LogP contribution in [0.25, 0.3) is 0 Å². The van der Waals surface area contributed by atoms with Crippen LogP contribution >= 0.6 is 12.6 Å². The van der Waals surface area contributed by atoms with Crippen LogP contribution in [0.1, 0.15) is 43.5 Å². The molecule has 0 radical (unpaired) electrons. The normalized spacial score (nSPS) is 12.8. The van der Waals surface area contributed by atoms with Crippen molar-refractivity contribution in [3.63, 3.8) is 0 Å². The molecule has 3 amide bonds. The molecule has 0 bridgehead atoms.